The van der Waals surface area contributed by atoms with Crippen LogP contribution in [-0.2, 0) is 11.2 Å². The Labute approximate surface area is 112 Å². The van der Waals surface area contributed by atoms with Gasteiger partial charge >= 0.3 is 0 Å². The van der Waals surface area contributed by atoms with E-state index in [-0.39, 0.29) is 11.6 Å². The molecule has 1 aliphatic rings. The molecule has 1 aliphatic heterocycles. The molecule has 4 heteroatoms. The Morgan fingerprint density at radius 2 is 1.88 bits per heavy atom. The van der Waals surface area contributed by atoms with E-state index in [9.17, 15) is 0 Å². The van der Waals surface area contributed by atoms with Gasteiger partial charge in [-0.1, -0.05) is 42.5 Å². The molecular formula is C13H15NOS2. The molecule has 1 heterocycles. The number of hydrogen-bond donors (Lipinski definition) is 1. The van der Waals surface area contributed by atoms with E-state index < -0.39 is 0 Å². The van der Waals surface area contributed by atoms with Gasteiger partial charge < -0.3 is 10.1 Å². The molecule has 1 aromatic carbocycles. The normalized spacial score (nSPS) is 22.8. The van der Waals surface area contributed by atoms with Crippen molar-refractivity contribution in [3.05, 3.63) is 35.9 Å². The summed E-state index contributed by atoms with van der Waals surface area (Å²) in [4.78, 5) is 0.729. The molecule has 0 unspecified atom stereocenters. The number of nitrogens with one attached hydrogen (secondary N) is 1. The number of ether oxygens (including phenoxy) is 1. The summed E-state index contributed by atoms with van der Waals surface area (Å²) < 4.78 is 5.75. The third-order valence-corrected chi connectivity index (χ3v) is 3.72. The lowest BCUT2D eigenvalue weighted by Crippen LogP contribution is -2.59. The highest BCUT2D eigenvalue weighted by Crippen LogP contribution is 2.19. The van der Waals surface area contributed by atoms with Crippen LogP contribution in [0.3, 0.4) is 0 Å². The maximum absolute atomic E-state index is 5.75. The smallest absolute Gasteiger partial charge is 0.185 e. The third kappa shape index (κ3) is 2.82. The van der Waals surface area contributed by atoms with E-state index in [2.05, 4.69) is 17.4 Å². The second-order valence-electron chi connectivity index (χ2n) is 4.70. The molecule has 1 atom stereocenters. The van der Waals surface area contributed by atoms with Gasteiger partial charge in [0, 0.05) is 6.42 Å². The zero-order chi connectivity index (χ0) is 12.5. The highest BCUT2D eigenvalue weighted by molar-refractivity contribution is 7.81. The molecule has 2 rings (SSSR count). The monoisotopic (exact) mass is 265 g/mol. The fourth-order valence-corrected chi connectivity index (χ4v) is 2.29. The minimum absolute atomic E-state index is 0.145. The highest BCUT2D eigenvalue weighted by atomic mass is 32.1. The van der Waals surface area contributed by atoms with E-state index in [1.165, 1.54) is 5.56 Å². The molecule has 1 saturated heterocycles. The van der Waals surface area contributed by atoms with Gasteiger partial charge in [-0.25, -0.2) is 0 Å². The molecule has 90 valence electrons. The molecule has 0 radical (unpaired) electrons. The predicted octanol–water partition coefficient (Wildman–Crippen LogP) is 2.65. The Hall–Kier alpha value is -1.00. The van der Waals surface area contributed by atoms with E-state index in [0.717, 1.165) is 11.4 Å². The van der Waals surface area contributed by atoms with Gasteiger partial charge in [-0.15, -0.1) is 0 Å². The van der Waals surface area contributed by atoms with Crippen LogP contribution in [0.5, 0.6) is 0 Å². The van der Waals surface area contributed by atoms with Gasteiger partial charge in [0.05, 0.1) is 0 Å². The lowest BCUT2D eigenvalue weighted by molar-refractivity contribution is 0.214. The van der Waals surface area contributed by atoms with Crippen molar-refractivity contribution in [1.82, 2.24) is 5.32 Å². The third-order valence-electron chi connectivity index (χ3n) is 2.75. The summed E-state index contributed by atoms with van der Waals surface area (Å²) in [6, 6.07) is 10.1. The number of benzene rings is 1. The molecular weight excluding hydrogens is 250 g/mol. The van der Waals surface area contributed by atoms with Gasteiger partial charge in [-0.3, -0.25) is 0 Å². The van der Waals surface area contributed by atoms with Gasteiger partial charge in [0.1, 0.15) is 10.5 Å². The fraction of sp³-hybridized carbons (Fsp3) is 0.385. The number of hydrogen-bond acceptors (Lipinski definition) is 3. The average molecular weight is 265 g/mol. The van der Waals surface area contributed by atoms with Crippen LogP contribution in [0, 0.1) is 0 Å². The van der Waals surface area contributed by atoms with E-state index in [4.69, 9.17) is 29.2 Å². The summed E-state index contributed by atoms with van der Waals surface area (Å²) in [6.45, 7) is 3.95. The maximum Gasteiger partial charge on any atom is 0.185 e. The molecule has 2 nitrogen and oxygen atoms in total. The topological polar surface area (TPSA) is 21.3 Å². The minimum atomic E-state index is -0.348. The summed E-state index contributed by atoms with van der Waals surface area (Å²) in [6.07, 6.45) is 0.607. The van der Waals surface area contributed by atoms with Gasteiger partial charge in [0.15, 0.2) is 11.2 Å². The van der Waals surface area contributed by atoms with Crippen LogP contribution in [0.2, 0.25) is 0 Å². The van der Waals surface area contributed by atoms with Crippen molar-refractivity contribution in [2.24, 2.45) is 0 Å². The molecule has 0 spiro atoms. The maximum atomic E-state index is 5.75. The standard InChI is InChI=1S/C13H15NOS2/c1-13(2)12(17)15-10(11(16)14-13)8-9-6-4-3-5-7-9/h3-7,10H,8H2,1-2H3,(H,14,16)/t10-/m1/s1. The zero-order valence-corrected chi connectivity index (χ0v) is 11.5. The molecule has 0 bridgehead atoms. The largest absolute Gasteiger partial charge is 0.474 e. The molecule has 1 aromatic rings. The molecule has 0 aliphatic carbocycles. The number of morpholine rings is 1. The summed E-state index contributed by atoms with van der Waals surface area (Å²) >= 11 is 10.6. The lowest BCUT2D eigenvalue weighted by Gasteiger charge is -2.38. The van der Waals surface area contributed by atoms with Crippen LogP contribution in [0.25, 0.3) is 0 Å². The molecule has 0 amide bonds. The van der Waals surface area contributed by atoms with Crippen molar-refractivity contribution in [1.29, 1.82) is 0 Å². The average Bonchev–Trinajstić information content (AvgIpc) is 2.27. The lowest BCUT2D eigenvalue weighted by atomic mass is 10.0. The SMILES string of the molecule is CC1(C)NC(=S)[C@@H](Cc2ccccc2)OC1=S. The Kier molecular flexibility index (Phi) is 3.45. The molecule has 1 fully saturated rings. The van der Waals surface area contributed by atoms with E-state index in [0.29, 0.717) is 5.05 Å². The van der Waals surface area contributed by atoms with Gasteiger partial charge in [-0.05, 0) is 31.6 Å². The van der Waals surface area contributed by atoms with Crippen molar-refractivity contribution >= 4 is 34.5 Å². The van der Waals surface area contributed by atoms with Crippen LogP contribution in [0.15, 0.2) is 30.3 Å². The summed E-state index contributed by atoms with van der Waals surface area (Å²) in [5.74, 6) is 0. The molecule has 1 N–H and O–H groups in total. The Balaban J connectivity index is 2.09. The van der Waals surface area contributed by atoms with Crippen molar-refractivity contribution in [2.75, 3.05) is 0 Å². The van der Waals surface area contributed by atoms with Crippen LogP contribution < -0.4 is 5.32 Å². The van der Waals surface area contributed by atoms with E-state index >= 15 is 0 Å². The van der Waals surface area contributed by atoms with Gasteiger partial charge in [0.25, 0.3) is 0 Å². The zero-order valence-electron chi connectivity index (χ0n) is 9.90. The second-order valence-corrected chi connectivity index (χ2v) is 5.51. The van der Waals surface area contributed by atoms with Crippen LogP contribution in [0.1, 0.15) is 19.4 Å². The Morgan fingerprint density at radius 1 is 1.24 bits per heavy atom. The van der Waals surface area contributed by atoms with Crippen molar-refractivity contribution < 1.29 is 4.74 Å². The van der Waals surface area contributed by atoms with Crippen LogP contribution in [-0.4, -0.2) is 21.7 Å². The summed E-state index contributed by atoms with van der Waals surface area (Å²) in [5.41, 5.74) is 0.851. The Morgan fingerprint density at radius 3 is 2.53 bits per heavy atom. The van der Waals surface area contributed by atoms with Gasteiger partial charge in [-0.2, -0.15) is 0 Å². The predicted molar refractivity (Wildman–Crippen MR) is 77.4 cm³/mol. The van der Waals surface area contributed by atoms with E-state index in [1.807, 2.05) is 32.0 Å². The van der Waals surface area contributed by atoms with Crippen molar-refractivity contribution in [3.63, 3.8) is 0 Å². The van der Waals surface area contributed by atoms with Gasteiger partial charge in [0.2, 0.25) is 0 Å². The second kappa shape index (κ2) is 4.70. The molecule has 0 saturated carbocycles. The quantitative estimate of drug-likeness (QED) is 0.830. The molecule has 0 aromatic heterocycles. The first-order valence-corrected chi connectivity index (χ1v) is 6.38. The summed E-state index contributed by atoms with van der Waals surface area (Å²) in [7, 11) is 0. The first-order valence-electron chi connectivity index (χ1n) is 5.56. The van der Waals surface area contributed by atoms with Crippen LogP contribution in [0.4, 0.5) is 0 Å². The highest BCUT2D eigenvalue weighted by Gasteiger charge is 2.36. The first kappa shape index (κ1) is 12.5. The fourth-order valence-electron chi connectivity index (χ4n) is 1.73. The number of rotatable bonds is 2. The first-order chi connectivity index (χ1) is 7.99. The molecule has 17 heavy (non-hydrogen) atoms. The minimum Gasteiger partial charge on any atom is -0.474 e. The van der Waals surface area contributed by atoms with Crippen LogP contribution >= 0.6 is 24.4 Å². The number of thiocarbonyl (C=S) groups is 2. The van der Waals surface area contributed by atoms with Crippen molar-refractivity contribution in [3.8, 4) is 0 Å². The Bertz CT molecular complexity index is 442. The summed E-state index contributed by atoms with van der Waals surface area (Å²) in [5, 5.41) is 3.82. The van der Waals surface area contributed by atoms with Crippen molar-refractivity contribution in [2.45, 2.75) is 31.9 Å². The van der Waals surface area contributed by atoms with E-state index in [1.54, 1.807) is 0 Å².